The van der Waals surface area contributed by atoms with Crippen LogP contribution in [0.5, 0.6) is 0 Å². The highest BCUT2D eigenvalue weighted by Gasteiger charge is 2.25. The molecule has 0 unspecified atom stereocenters. The van der Waals surface area contributed by atoms with Gasteiger partial charge in [0, 0.05) is 0 Å². The van der Waals surface area contributed by atoms with Gasteiger partial charge >= 0.3 is 5.97 Å². The number of rotatable bonds is 8. The van der Waals surface area contributed by atoms with Crippen LogP contribution in [-0.2, 0) is 30.7 Å². The van der Waals surface area contributed by atoms with Crippen LogP contribution in [0, 0.1) is 0 Å². The van der Waals surface area contributed by atoms with Crippen molar-refractivity contribution in [3.05, 3.63) is 71.8 Å². The zero-order valence-electron chi connectivity index (χ0n) is 15.3. The van der Waals surface area contributed by atoms with Gasteiger partial charge in [0.15, 0.2) is 0 Å². The molecule has 0 heterocycles. The third kappa shape index (κ3) is 6.78. The minimum absolute atomic E-state index is 0.0563. The molecule has 0 fully saturated rings. The fourth-order valence-electron chi connectivity index (χ4n) is 2.13. The molecule has 0 spiro atoms. The van der Waals surface area contributed by atoms with Crippen molar-refractivity contribution < 1.29 is 24.1 Å². The third-order valence-corrected chi connectivity index (χ3v) is 3.40. The second kappa shape index (κ2) is 9.27. The summed E-state index contributed by atoms with van der Waals surface area (Å²) < 4.78 is 5.09. The lowest BCUT2D eigenvalue weighted by Gasteiger charge is -2.23. The van der Waals surface area contributed by atoms with Gasteiger partial charge in [-0.2, -0.15) is 0 Å². The number of hydrogen-bond acceptors (Lipinski definition) is 5. The number of carbonyl (C=O) groups is 2. The summed E-state index contributed by atoms with van der Waals surface area (Å²) >= 11 is 0. The van der Waals surface area contributed by atoms with Gasteiger partial charge < -0.3 is 4.74 Å². The lowest BCUT2D eigenvalue weighted by molar-refractivity contribution is -0.375. The molecule has 2 aromatic carbocycles. The topological polar surface area (TPSA) is 61.8 Å². The van der Waals surface area contributed by atoms with E-state index in [1.54, 1.807) is 0 Å². The molecule has 0 aliphatic carbocycles. The van der Waals surface area contributed by atoms with Gasteiger partial charge in [-0.25, -0.2) is 14.6 Å². The highest BCUT2D eigenvalue weighted by atomic mass is 17.2. The third-order valence-electron chi connectivity index (χ3n) is 3.40. The molecule has 0 aromatic heterocycles. The first-order valence-electron chi connectivity index (χ1n) is 8.48. The van der Waals surface area contributed by atoms with E-state index < -0.39 is 23.5 Å². The van der Waals surface area contributed by atoms with Gasteiger partial charge in [-0.1, -0.05) is 60.7 Å². The van der Waals surface area contributed by atoms with Crippen molar-refractivity contribution in [2.45, 2.75) is 45.5 Å². The molecule has 1 atom stereocenters. The largest absolute Gasteiger partial charge is 0.455 e. The molecule has 2 aromatic rings. The Hall–Kier alpha value is -2.50. The minimum Gasteiger partial charge on any atom is -0.455 e. The van der Waals surface area contributed by atoms with Gasteiger partial charge in [-0.15, -0.1) is 0 Å². The second-order valence-corrected chi connectivity index (χ2v) is 6.88. The molecule has 0 amide bonds. The summed E-state index contributed by atoms with van der Waals surface area (Å²) in [6.07, 6.45) is -0.847. The second-order valence-electron chi connectivity index (χ2n) is 6.88. The zero-order valence-corrected chi connectivity index (χ0v) is 15.3. The molecule has 0 aliphatic rings. The molecule has 0 saturated carbocycles. The van der Waals surface area contributed by atoms with E-state index in [1.165, 1.54) is 0 Å². The maximum atomic E-state index is 12.3. The van der Waals surface area contributed by atoms with Gasteiger partial charge in [-0.05, 0) is 31.9 Å². The van der Waals surface area contributed by atoms with Crippen LogP contribution < -0.4 is 0 Å². The Bertz CT molecular complexity index is 704. The van der Waals surface area contributed by atoms with E-state index in [2.05, 4.69) is 0 Å². The highest BCUT2D eigenvalue weighted by Crippen LogP contribution is 2.24. The molecule has 26 heavy (non-hydrogen) atoms. The molecule has 0 aliphatic heterocycles. The summed E-state index contributed by atoms with van der Waals surface area (Å²) in [5, 5.41) is 0. The molecule has 0 bridgehead atoms. The van der Waals surface area contributed by atoms with Crippen LogP contribution >= 0.6 is 0 Å². The van der Waals surface area contributed by atoms with E-state index in [1.807, 2.05) is 81.4 Å². The number of benzene rings is 2. The SMILES string of the molecule is CC(C)(C)OO[C@@H](CC(=O)C(=O)OCc1ccccc1)c1ccccc1. The van der Waals surface area contributed by atoms with Gasteiger partial charge in [0.25, 0.3) is 0 Å². The first-order valence-corrected chi connectivity index (χ1v) is 8.48. The number of carbonyl (C=O) groups excluding carboxylic acids is 2. The van der Waals surface area contributed by atoms with Crippen LogP contribution in [0.2, 0.25) is 0 Å². The monoisotopic (exact) mass is 356 g/mol. The first-order chi connectivity index (χ1) is 12.3. The molecule has 0 saturated heterocycles. The lowest BCUT2D eigenvalue weighted by atomic mass is 10.0. The lowest BCUT2D eigenvalue weighted by Crippen LogP contribution is -2.25. The van der Waals surface area contributed by atoms with E-state index in [4.69, 9.17) is 14.5 Å². The van der Waals surface area contributed by atoms with E-state index in [9.17, 15) is 9.59 Å². The molecule has 5 heteroatoms. The summed E-state index contributed by atoms with van der Waals surface area (Å²) in [6.45, 7) is 5.57. The minimum atomic E-state index is -0.880. The van der Waals surface area contributed by atoms with E-state index >= 15 is 0 Å². The standard InChI is InChI=1S/C21H24O5/c1-21(2,3)26-25-19(17-12-8-5-9-13-17)14-18(22)20(23)24-15-16-10-6-4-7-11-16/h4-13,19H,14-15H2,1-3H3/t19-/m0/s1. The van der Waals surface area contributed by atoms with Crippen LogP contribution in [0.25, 0.3) is 0 Å². The molecule has 138 valence electrons. The van der Waals surface area contributed by atoms with Crippen LogP contribution in [0.4, 0.5) is 0 Å². The number of ether oxygens (including phenoxy) is 1. The van der Waals surface area contributed by atoms with Crippen molar-refractivity contribution >= 4 is 11.8 Å². The Balaban J connectivity index is 1.97. The van der Waals surface area contributed by atoms with Crippen LogP contribution in [0.15, 0.2) is 60.7 Å². The molecule has 0 radical (unpaired) electrons. The Kier molecular flexibility index (Phi) is 7.06. The predicted molar refractivity (Wildman–Crippen MR) is 97.0 cm³/mol. The summed E-state index contributed by atoms with van der Waals surface area (Å²) in [5.41, 5.74) is 1.03. The zero-order chi connectivity index (χ0) is 19.0. The van der Waals surface area contributed by atoms with Gasteiger partial charge in [-0.3, -0.25) is 4.79 Å². The molecule has 5 nitrogen and oxygen atoms in total. The van der Waals surface area contributed by atoms with E-state index in [0.29, 0.717) is 0 Å². The number of hydrogen-bond donors (Lipinski definition) is 0. The Morgan fingerprint density at radius 1 is 0.923 bits per heavy atom. The van der Waals surface area contributed by atoms with Gasteiger partial charge in [0.05, 0.1) is 12.0 Å². The maximum Gasteiger partial charge on any atom is 0.375 e. The average Bonchev–Trinajstić information content (AvgIpc) is 2.63. The first kappa shape index (κ1) is 19.8. The summed E-state index contributed by atoms with van der Waals surface area (Å²) in [6, 6.07) is 18.4. The van der Waals surface area contributed by atoms with E-state index in [-0.39, 0.29) is 13.0 Å². The normalized spacial score (nSPS) is 12.4. The van der Waals surface area contributed by atoms with Crippen molar-refractivity contribution in [2.75, 3.05) is 0 Å². The predicted octanol–water partition coefficient (Wildman–Crippen LogP) is 4.18. The fraction of sp³-hybridized carbons (Fsp3) is 0.333. The van der Waals surface area contributed by atoms with Crippen molar-refractivity contribution in [2.24, 2.45) is 0 Å². The molecular weight excluding hydrogens is 332 g/mol. The van der Waals surface area contributed by atoms with Crippen molar-refractivity contribution in [3.63, 3.8) is 0 Å². The number of ketones is 1. The number of esters is 1. The van der Waals surface area contributed by atoms with Crippen LogP contribution in [0.1, 0.15) is 44.4 Å². The quantitative estimate of drug-likeness (QED) is 0.307. The van der Waals surface area contributed by atoms with Crippen LogP contribution in [-0.4, -0.2) is 17.4 Å². The molecular formula is C21H24O5. The highest BCUT2D eigenvalue weighted by molar-refractivity contribution is 6.33. The summed E-state index contributed by atoms with van der Waals surface area (Å²) in [7, 11) is 0. The fourth-order valence-corrected chi connectivity index (χ4v) is 2.13. The maximum absolute atomic E-state index is 12.3. The van der Waals surface area contributed by atoms with Crippen molar-refractivity contribution in [1.29, 1.82) is 0 Å². The van der Waals surface area contributed by atoms with Crippen molar-refractivity contribution in [1.82, 2.24) is 0 Å². The molecule has 0 N–H and O–H groups in total. The summed E-state index contributed by atoms with van der Waals surface area (Å²) in [5.74, 6) is -1.54. The number of Topliss-reactive ketones (excluding diaryl/α,β-unsaturated/α-hetero) is 1. The van der Waals surface area contributed by atoms with Gasteiger partial charge in [0.1, 0.15) is 12.7 Å². The average molecular weight is 356 g/mol. The van der Waals surface area contributed by atoms with Crippen LogP contribution in [0.3, 0.4) is 0 Å². The smallest absolute Gasteiger partial charge is 0.375 e. The Morgan fingerprint density at radius 3 is 2.08 bits per heavy atom. The summed E-state index contributed by atoms with van der Waals surface area (Å²) in [4.78, 5) is 35.1. The Morgan fingerprint density at radius 2 is 1.50 bits per heavy atom. The van der Waals surface area contributed by atoms with E-state index in [0.717, 1.165) is 11.1 Å². The van der Waals surface area contributed by atoms with Crippen molar-refractivity contribution in [3.8, 4) is 0 Å². The molecule has 2 rings (SSSR count). The van der Waals surface area contributed by atoms with Gasteiger partial charge in [0.2, 0.25) is 5.78 Å². The Labute approximate surface area is 153 Å².